The van der Waals surface area contributed by atoms with Gasteiger partial charge in [-0.25, -0.2) is 4.79 Å². The summed E-state index contributed by atoms with van der Waals surface area (Å²) in [6, 6.07) is 9.44. The van der Waals surface area contributed by atoms with Crippen molar-refractivity contribution in [3.63, 3.8) is 0 Å². The highest BCUT2D eigenvalue weighted by atomic mass is 35.5. The van der Waals surface area contributed by atoms with Gasteiger partial charge in [-0.15, -0.1) is 11.8 Å². The fraction of sp³-hybridized carbons (Fsp3) is 0.346. The third-order valence-electron chi connectivity index (χ3n) is 6.12. The van der Waals surface area contributed by atoms with Crippen molar-refractivity contribution < 1.29 is 28.8 Å². The molecule has 0 spiro atoms. The van der Waals surface area contributed by atoms with Gasteiger partial charge in [0.1, 0.15) is 23.7 Å². The molecule has 0 aliphatic carbocycles. The highest BCUT2D eigenvalue weighted by molar-refractivity contribution is 8.00. The quantitative estimate of drug-likeness (QED) is 0.173. The third kappa shape index (κ3) is 6.06. The molecule has 2 aliphatic heterocycles. The number of thioether (sulfide) groups is 1. The number of ether oxygens (including phenoxy) is 2. The molecule has 0 N–H and O–H groups in total. The van der Waals surface area contributed by atoms with E-state index < -0.39 is 28.2 Å². The lowest BCUT2D eigenvalue weighted by Crippen LogP contribution is -2.71. The summed E-state index contributed by atoms with van der Waals surface area (Å²) in [5.74, 6) is -1.16. The summed E-state index contributed by atoms with van der Waals surface area (Å²) >= 11 is 13.6. The van der Waals surface area contributed by atoms with E-state index in [9.17, 15) is 24.5 Å². The average Bonchev–Trinajstić information content (AvgIpc) is 2.90. The number of hydrogen-bond acceptors (Lipinski definition) is 8. The topological polar surface area (TPSA) is 119 Å². The molecule has 2 aromatic rings. The lowest BCUT2D eigenvalue weighted by atomic mass is 10.00. The number of benzene rings is 2. The molecule has 2 aliphatic rings. The SMILES string of the molecule is CC(=O)N(c1ccc(Cl)c(Cl)c1)C1C(=O)N2C(C(=O)OCc3ccc([N+](=O)[O-])cc3)=C(COC(C)C)CS[C@H]12. The largest absolute Gasteiger partial charge is 0.456 e. The Morgan fingerprint density at radius 2 is 1.85 bits per heavy atom. The summed E-state index contributed by atoms with van der Waals surface area (Å²) < 4.78 is 11.3. The highest BCUT2D eigenvalue weighted by Gasteiger charge is 2.57. The van der Waals surface area contributed by atoms with Crippen LogP contribution < -0.4 is 4.90 Å². The Bertz CT molecular complexity index is 1350. The van der Waals surface area contributed by atoms with Crippen LogP contribution in [0.5, 0.6) is 0 Å². The number of carbonyl (C=O) groups is 3. The Labute approximate surface area is 239 Å². The van der Waals surface area contributed by atoms with Crippen LogP contribution in [0.3, 0.4) is 0 Å². The van der Waals surface area contributed by atoms with Crippen LogP contribution in [0.1, 0.15) is 26.3 Å². The van der Waals surface area contributed by atoms with Gasteiger partial charge in [0.25, 0.3) is 11.6 Å². The van der Waals surface area contributed by atoms with Crippen molar-refractivity contribution >= 4 is 64.1 Å². The number of amides is 2. The molecular weight excluding hydrogens is 569 g/mol. The molecule has 0 saturated carbocycles. The molecule has 0 bridgehead atoms. The molecular formula is C26H25Cl2N3O7S. The lowest BCUT2D eigenvalue weighted by molar-refractivity contribution is -0.384. The zero-order valence-electron chi connectivity index (χ0n) is 21.3. The average molecular weight is 594 g/mol. The van der Waals surface area contributed by atoms with Gasteiger partial charge in [-0.2, -0.15) is 0 Å². The first kappa shape index (κ1) is 28.9. The van der Waals surface area contributed by atoms with Gasteiger partial charge in [-0.1, -0.05) is 23.2 Å². The number of esters is 1. The number of non-ortho nitro benzene ring substituents is 1. The maximum atomic E-state index is 13.6. The fourth-order valence-corrected chi connectivity index (χ4v) is 5.90. The minimum Gasteiger partial charge on any atom is -0.456 e. The molecule has 0 aromatic heterocycles. The number of fused-ring (bicyclic) bond motifs is 1. The van der Waals surface area contributed by atoms with Crippen LogP contribution in [-0.2, 0) is 30.5 Å². The van der Waals surface area contributed by atoms with Crippen molar-refractivity contribution in [1.29, 1.82) is 0 Å². The van der Waals surface area contributed by atoms with Crippen molar-refractivity contribution in [2.45, 2.75) is 44.9 Å². The van der Waals surface area contributed by atoms with Gasteiger partial charge in [-0.05, 0) is 55.3 Å². The predicted octanol–water partition coefficient (Wildman–Crippen LogP) is 4.96. The maximum Gasteiger partial charge on any atom is 0.355 e. The van der Waals surface area contributed by atoms with Crippen molar-refractivity contribution in [1.82, 2.24) is 4.90 Å². The lowest BCUT2D eigenvalue weighted by Gasteiger charge is -2.52. The standard InChI is InChI=1S/C26H25Cl2N3O7S/c1-14(2)37-12-17-13-39-25-23(29(15(3)32)19-8-9-20(27)21(28)10-19)24(33)30(25)22(17)26(34)38-11-16-4-6-18(7-5-16)31(35)36/h4-10,14,23,25H,11-13H2,1-3H3/t23?,25-/m1/s1. The van der Waals surface area contributed by atoms with Gasteiger partial charge in [0.05, 0.1) is 27.7 Å². The Morgan fingerprint density at radius 1 is 1.15 bits per heavy atom. The van der Waals surface area contributed by atoms with E-state index in [1.807, 2.05) is 13.8 Å². The fourth-order valence-electron chi connectivity index (χ4n) is 4.24. The Morgan fingerprint density at radius 3 is 2.44 bits per heavy atom. The number of halogens is 2. The van der Waals surface area contributed by atoms with Crippen molar-refractivity contribution in [3.05, 3.63) is 79.5 Å². The Kier molecular flexibility index (Phi) is 8.85. The van der Waals surface area contributed by atoms with Crippen molar-refractivity contribution in [2.75, 3.05) is 17.3 Å². The minimum atomic E-state index is -0.866. The number of nitro benzene ring substituents is 1. The van der Waals surface area contributed by atoms with E-state index in [0.29, 0.717) is 27.6 Å². The van der Waals surface area contributed by atoms with Crippen LogP contribution in [-0.4, -0.2) is 57.5 Å². The van der Waals surface area contributed by atoms with Crippen LogP contribution in [0.4, 0.5) is 11.4 Å². The molecule has 10 nitrogen and oxygen atoms in total. The number of nitrogens with zero attached hydrogens (tertiary/aromatic N) is 3. The Balaban J connectivity index is 1.59. The second-order valence-corrected chi connectivity index (χ2v) is 11.1. The normalized spacial score (nSPS) is 18.5. The van der Waals surface area contributed by atoms with E-state index >= 15 is 0 Å². The molecule has 1 saturated heterocycles. The first-order valence-electron chi connectivity index (χ1n) is 11.9. The Hall–Kier alpha value is -3.12. The highest BCUT2D eigenvalue weighted by Crippen LogP contribution is 2.44. The number of nitro groups is 1. The molecule has 2 atom stereocenters. The van der Waals surface area contributed by atoms with Gasteiger partial charge >= 0.3 is 5.97 Å². The van der Waals surface area contributed by atoms with Crippen LogP contribution in [0.15, 0.2) is 53.7 Å². The van der Waals surface area contributed by atoms with E-state index in [0.717, 1.165) is 0 Å². The zero-order valence-corrected chi connectivity index (χ0v) is 23.6. The van der Waals surface area contributed by atoms with Gasteiger partial charge in [0.15, 0.2) is 0 Å². The molecule has 39 heavy (non-hydrogen) atoms. The summed E-state index contributed by atoms with van der Waals surface area (Å²) in [6.45, 7) is 5.04. The van der Waals surface area contributed by atoms with E-state index in [4.69, 9.17) is 32.7 Å². The minimum absolute atomic E-state index is 0.0812. The molecule has 2 amide bonds. The van der Waals surface area contributed by atoms with E-state index in [1.54, 1.807) is 12.1 Å². The number of rotatable bonds is 9. The van der Waals surface area contributed by atoms with E-state index in [2.05, 4.69) is 0 Å². The van der Waals surface area contributed by atoms with Crippen molar-refractivity contribution in [2.24, 2.45) is 0 Å². The van der Waals surface area contributed by atoms with Gasteiger partial charge in [-0.3, -0.25) is 29.5 Å². The summed E-state index contributed by atoms with van der Waals surface area (Å²) in [5, 5.41) is 10.9. The molecule has 13 heteroatoms. The number of anilines is 1. The molecule has 1 unspecified atom stereocenters. The molecule has 206 valence electrons. The zero-order chi connectivity index (χ0) is 28.4. The van der Waals surface area contributed by atoms with Crippen LogP contribution in [0, 0.1) is 10.1 Å². The van der Waals surface area contributed by atoms with Crippen LogP contribution in [0.25, 0.3) is 0 Å². The predicted molar refractivity (Wildman–Crippen MR) is 148 cm³/mol. The smallest absolute Gasteiger partial charge is 0.355 e. The number of hydrogen-bond donors (Lipinski definition) is 0. The molecule has 4 rings (SSSR count). The van der Waals surface area contributed by atoms with Crippen LogP contribution >= 0.6 is 35.0 Å². The first-order valence-corrected chi connectivity index (χ1v) is 13.7. The second-order valence-electron chi connectivity index (χ2n) is 9.15. The molecule has 1 fully saturated rings. The van der Waals surface area contributed by atoms with E-state index in [-0.39, 0.29) is 41.6 Å². The summed E-state index contributed by atoms with van der Waals surface area (Å²) in [5.41, 5.74) is 1.55. The second kappa shape index (κ2) is 12.0. The molecule has 2 aromatic carbocycles. The maximum absolute atomic E-state index is 13.6. The van der Waals surface area contributed by atoms with Gasteiger partial charge in [0.2, 0.25) is 5.91 Å². The number of β-lactam (4-membered cyclic amide) rings is 1. The summed E-state index contributed by atoms with van der Waals surface area (Å²) in [6.07, 6.45) is -0.111. The monoisotopic (exact) mass is 593 g/mol. The van der Waals surface area contributed by atoms with Gasteiger partial charge < -0.3 is 9.47 Å². The third-order valence-corrected chi connectivity index (χ3v) is 8.18. The van der Waals surface area contributed by atoms with Crippen molar-refractivity contribution in [3.8, 4) is 0 Å². The van der Waals surface area contributed by atoms with Crippen LogP contribution in [0.2, 0.25) is 10.0 Å². The van der Waals surface area contributed by atoms with E-state index in [1.165, 1.54) is 58.8 Å². The summed E-state index contributed by atoms with van der Waals surface area (Å²) in [7, 11) is 0. The van der Waals surface area contributed by atoms with Gasteiger partial charge in [0, 0.05) is 30.5 Å². The summed E-state index contributed by atoms with van der Waals surface area (Å²) in [4.78, 5) is 52.7. The first-order chi connectivity index (χ1) is 18.5. The molecule has 0 radical (unpaired) electrons. The number of carbonyl (C=O) groups excluding carboxylic acids is 3. The molecule has 2 heterocycles.